The monoisotopic (exact) mass is 428 g/mol. The van der Waals surface area contributed by atoms with Crippen LogP contribution < -0.4 is 15.5 Å². The Labute approximate surface area is 187 Å². The second kappa shape index (κ2) is 8.02. The van der Waals surface area contributed by atoms with Gasteiger partial charge in [0.2, 0.25) is 5.95 Å². The van der Waals surface area contributed by atoms with Crippen molar-refractivity contribution < 1.29 is 0 Å². The molecule has 4 heterocycles. The fraction of sp³-hybridized carbons (Fsp3) is 0.417. The van der Waals surface area contributed by atoms with Crippen LogP contribution in [0.2, 0.25) is 0 Å². The van der Waals surface area contributed by atoms with Crippen molar-refractivity contribution in [2.24, 2.45) is 0 Å². The molecule has 6 rings (SSSR count). The Balaban J connectivity index is 1.34. The number of fused-ring (bicyclic) bond motifs is 3. The maximum Gasteiger partial charge on any atom is 0.228 e. The zero-order valence-electron chi connectivity index (χ0n) is 18.4. The molecule has 3 aromatic heterocycles. The first kappa shape index (κ1) is 19.4. The fourth-order valence-electron chi connectivity index (χ4n) is 5.10. The van der Waals surface area contributed by atoms with E-state index in [0.29, 0.717) is 12.0 Å². The van der Waals surface area contributed by atoms with Crippen molar-refractivity contribution in [3.8, 4) is 0 Å². The molecule has 1 aromatic carbocycles. The van der Waals surface area contributed by atoms with Crippen molar-refractivity contribution in [2.75, 3.05) is 36.4 Å². The molecule has 4 aromatic rings. The molecule has 1 aliphatic carbocycles. The van der Waals surface area contributed by atoms with Crippen molar-refractivity contribution in [3.05, 3.63) is 42.5 Å². The van der Waals surface area contributed by atoms with Crippen molar-refractivity contribution in [3.63, 3.8) is 0 Å². The third-order valence-electron chi connectivity index (χ3n) is 6.78. The molecule has 0 amide bonds. The molecule has 8 nitrogen and oxygen atoms in total. The number of pyridine rings is 1. The van der Waals surface area contributed by atoms with E-state index in [4.69, 9.17) is 4.98 Å². The standard InChI is InChI=1S/C24H28N8/c1-16-12-21(26-14-20(16)31-10-8-25-9-11-31)29-24-27-13-17-6-7-19-23(22(17)30-24)32(15-28-19)18-4-2-3-5-18/h6-7,12-15,18,25H,2-5,8-11H2,1H3,(H,26,27,29,30). The van der Waals surface area contributed by atoms with Crippen LogP contribution in [0.5, 0.6) is 0 Å². The second-order valence-electron chi connectivity index (χ2n) is 8.87. The number of nitrogens with one attached hydrogen (secondary N) is 2. The van der Waals surface area contributed by atoms with E-state index >= 15 is 0 Å². The number of piperazine rings is 1. The lowest BCUT2D eigenvalue weighted by Crippen LogP contribution is -2.43. The van der Waals surface area contributed by atoms with E-state index in [9.17, 15) is 0 Å². The minimum atomic E-state index is 0.513. The summed E-state index contributed by atoms with van der Waals surface area (Å²) in [6.45, 7) is 6.17. The third kappa shape index (κ3) is 3.44. The van der Waals surface area contributed by atoms with Crippen molar-refractivity contribution in [2.45, 2.75) is 38.6 Å². The first-order chi connectivity index (χ1) is 15.8. The molecular weight excluding hydrogens is 400 g/mol. The minimum Gasteiger partial charge on any atom is -0.368 e. The van der Waals surface area contributed by atoms with Gasteiger partial charge in [-0.1, -0.05) is 12.8 Å². The molecule has 0 spiro atoms. The maximum atomic E-state index is 4.90. The molecular formula is C24H28N8. The predicted octanol–water partition coefficient (Wildman–Crippen LogP) is 3.95. The summed E-state index contributed by atoms with van der Waals surface area (Å²) in [5.74, 6) is 1.32. The number of anilines is 3. The van der Waals surface area contributed by atoms with Gasteiger partial charge < -0.3 is 20.1 Å². The highest BCUT2D eigenvalue weighted by atomic mass is 15.2. The first-order valence-corrected chi connectivity index (χ1v) is 11.6. The molecule has 2 N–H and O–H groups in total. The molecule has 1 saturated heterocycles. The Kier molecular flexibility index (Phi) is 4.87. The summed E-state index contributed by atoms with van der Waals surface area (Å²) in [5, 5.41) is 7.75. The molecule has 8 heteroatoms. The molecule has 0 unspecified atom stereocenters. The lowest BCUT2D eigenvalue weighted by molar-refractivity contribution is 0.533. The van der Waals surface area contributed by atoms with Gasteiger partial charge in [-0.2, -0.15) is 0 Å². The summed E-state index contributed by atoms with van der Waals surface area (Å²) in [4.78, 5) is 21.1. The van der Waals surface area contributed by atoms with E-state index in [0.717, 1.165) is 53.9 Å². The van der Waals surface area contributed by atoms with Crippen molar-refractivity contribution >= 4 is 39.4 Å². The number of nitrogens with zero attached hydrogens (tertiary/aromatic N) is 6. The highest BCUT2D eigenvalue weighted by molar-refractivity contribution is 6.02. The van der Waals surface area contributed by atoms with Crippen LogP contribution in [0.3, 0.4) is 0 Å². The average Bonchev–Trinajstić information content (AvgIpc) is 3.50. The van der Waals surface area contributed by atoms with Crippen LogP contribution in [0.15, 0.2) is 36.9 Å². The maximum absolute atomic E-state index is 4.90. The van der Waals surface area contributed by atoms with Gasteiger partial charge in [-0.25, -0.2) is 19.9 Å². The molecule has 32 heavy (non-hydrogen) atoms. The highest BCUT2D eigenvalue weighted by Gasteiger charge is 2.21. The number of aromatic nitrogens is 5. The Morgan fingerprint density at radius 3 is 2.69 bits per heavy atom. The van der Waals surface area contributed by atoms with E-state index in [1.165, 1.54) is 36.9 Å². The van der Waals surface area contributed by atoms with E-state index in [1.54, 1.807) is 0 Å². The predicted molar refractivity (Wildman–Crippen MR) is 128 cm³/mol. The van der Waals surface area contributed by atoms with Gasteiger partial charge in [0, 0.05) is 43.8 Å². The summed E-state index contributed by atoms with van der Waals surface area (Å²) in [7, 11) is 0. The van der Waals surface area contributed by atoms with Crippen LogP contribution in [0.4, 0.5) is 17.5 Å². The van der Waals surface area contributed by atoms with Crippen LogP contribution >= 0.6 is 0 Å². The Morgan fingerprint density at radius 1 is 1.03 bits per heavy atom. The molecule has 2 fully saturated rings. The number of imidazole rings is 1. The van der Waals surface area contributed by atoms with Gasteiger partial charge in [-0.15, -0.1) is 0 Å². The molecule has 164 valence electrons. The number of benzene rings is 1. The molecule has 1 saturated carbocycles. The lowest BCUT2D eigenvalue weighted by Gasteiger charge is -2.30. The van der Waals surface area contributed by atoms with Crippen molar-refractivity contribution in [1.82, 2.24) is 29.8 Å². The zero-order chi connectivity index (χ0) is 21.5. The van der Waals surface area contributed by atoms with E-state index in [1.807, 2.05) is 18.7 Å². The largest absolute Gasteiger partial charge is 0.368 e. The first-order valence-electron chi connectivity index (χ1n) is 11.6. The summed E-state index contributed by atoms with van der Waals surface area (Å²) in [6.07, 6.45) is 10.8. The van der Waals surface area contributed by atoms with Crippen LogP contribution in [0, 0.1) is 6.92 Å². The van der Waals surface area contributed by atoms with Gasteiger partial charge in [-0.3, -0.25) is 0 Å². The van der Waals surface area contributed by atoms with Crippen LogP contribution in [-0.2, 0) is 0 Å². The van der Waals surface area contributed by atoms with Crippen molar-refractivity contribution in [1.29, 1.82) is 0 Å². The quantitative estimate of drug-likeness (QED) is 0.509. The number of hydrogen-bond acceptors (Lipinski definition) is 7. The number of rotatable bonds is 4. The van der Waals surface area contributed by atoms with E-state index in [2.05, 4.69) is 60.2 Å². The number of hydrogen-bond donors (Lipinski definition) is 2. The summed E-state index contributed by atoms with van der Waals surface area (Å²) >= 11 is 0. The van der Waals surface area contributed by atoms with Gasteiger partial charge in [0.15, 0.2) is 0 Å². The lowest BCUT2D eigenvalue weighted by atomic mass is 10.2. The molecule has 0 atom stereocenters. The molecule has 0 radical (unpaired) electrons. The second-order valence-corrected chi connectivity index (χ2v) is 8.87. The van der Waals surface area contributed by atoms with Crippen LogP contribution in [0.25, 0.3) is 21.9 Å². The summed E-state index contributed by atoms with van der Waals surface area (Å²) in [6, 6.07) is 6.71. The van der Waals surface area contributed by atoms with Gasteiger partial charge in [0.1, 0.15) is 11.3 Å². The third-order valence-corrected chi connectivity index (χ3v) is 6.78. The van der Waals surface area contributed by atoms with Gasteiger partial charge >= 0.3 is 0 Å². The Morgan fingerprint density at radius 2 is 1.88 bits per heavy atom. The Hall–Kier alpha value is -3.26. The molecule has 0 bridgehead atoms. The minimum absolute atomic E-state index is 0.513. The Bertz CT molecular complexity index is 1270. The zero-order valence-corrected chi connectivity index (χ0v) is 18.4. The normalized spacial score (nSPS) is 17.5. The van der Waals surface area contributed by atoms with Gasteiger partial charge in [-0.05, 0) is 43.5 Å². The molecule has 1 aliphatic heterocycles. The fourth-order valence-corrected chi connectivity index (χ4v) is 5.10. The topological polar surface area (TPSA) is 83.8 Å². The highest BCUT2D eigenvalue weighted by Crippen LogP contribution is 2.34. The molecule has 2 aliphatic rings. The van der Waals surface area contributed by atoms with Crippen LogP contribution in [-0.4, -0.2) is 50.7 Å². The van der Waals surface area contributed by atoms with E-state index in [-0.39, 0.29) is 0 Å². The van der Waals surface area contributed by atoms with E-state index < -0.39 is 0 Å². The SMILES string of the molecule is Cc1cc(Nc2ncc3ccc4ncn(C5CCCC5)c4c3n2)ncc1N1CCNCC1. The number of aryl methyl sites for hydroxylation is 1. The van der Waals surface area contributed by atoms with Crippen LogP contribution in [0.1, 0.15) is 37.3 Å². The summed E-state index contributed by atoms with van der Waals surface area (Å²) < 4.78 is 2.33. The van der Waals surface area contributed by atoms with Gasteiger partial charge in [0.25, 0.3) is 0 Å². The average molecular weight is 429 g/mol. The van der Waals surface area contributed by atoms with Gasteiger partial charge in [0.05, 0.1) is 29.2 Å². The smallest absolute Gasteiger partial charge is 0.228 e. The summed E-state index contributed by atoms with van der Waals surface area (Å²) in [5.41, 5.74) is 5.44.